The van der Waals surface area contributed by atoms with Crippen molar-refractivity contribution in [2.24, 2.45) is 0 Å². The molecule has 1 heterocycles. The molecular formula is C46H40N2Si. The van der Waals surface area contributed by atoms with Gasteiger partial charge in [0.15, 0.2) is 0 Å². The quantitative estimate of drug-likeness (QED) is 0.151. The maximum Gasteiger partial charge on any atom is 0.116 e. The standard InChI is InChI=1S/C46H40N2Si/c1-34(35-26-30-40(31-27-35)47(37-16-7-4-8-17-37)38-18-9-5-10-19-38)36-28-32-41(33-29-36)48(39-20-11-6-12-21-39)44-24-15-23-43-42-22-13-14-25-45(42)49(2,3)46(43)44/h4-34H,1-3H3. The van der Waals surface area contributed by atoms with E-state index in [0.717, 1.165) is 17.1 Å². The number of anilines is 6. The second-order valence-corrected chi connectivity index (χ2v) is 17.7. The molecule has 0 saturated heterocycles. The zero-order valence-electron chi connectivity index (χ0n) is 28.3. The molecule has 238 valence electrons. The highest BCUT2D eigenvalue weighted by Crippen LogP contribution is 2.40. The van der Waals surface area contributed by atoms with Gasteiger partial charge in [-0.15, -0.1) is 0 Å². The lowest BCUT2D eigenvalue weighted by Gasteiger charge is -2.31. The molecule has 0 bridgehead atoms. The van der Waals surface area contributed by atoms with Crippen molar-refractivity contribution in [3.63, 3.8) is 0 Å². The molecule has 1 aliphatic heterocycles. The van der Waals surface area contributed by atoms with Crippen LogP contribution >= 0.6 is 0 Å². The average Bonchev–Trinajstić information content (AvgIpc) is 3.40. The number of benzene rings is 7. The van der Waals surface area contributed by atoms with Crippen molar-refractivity contribution in [2.75, 3.05) is 9.80 Å². The van der Waals surface area contributed by atoms with E-state index in [1.54, 1.807) is 0 Å². The van der Waals surface area contributed by atoms with Gasteiger partial charge in [-0.2, -0.15) is 0 Å². The summed E-state index contributed by atoms with van der Waals surface area (Å²) in [5.41, 5.74) is 12.5. The van der Waals surface area contributed by atoms with E-state index in [4.69, 9.17) is 0 Å². The van der Waals surface area contributed by atoms with E-state index in [9.17, 15) is 0 Å². The maximum absolute atomic E-state index is 2.50. The molecule has 0 amide bonds. The van der Waals surface area contributed by atoms with Gasteiger partial charge in [0, 0.05) is 40.0 Å². The van der Waals surface area contributed by atoms with Crippen molar-refractivity contribution in [3.8, 4) is 11.1 Å². The number of para-hydroxylation sites is 3. The second-order valence-electron chi connectivity index (χ2n) is 13.5. The molecule has 0 spiro atoms. The molecule has 3 heteroatoms. The summed E-state index contributed by atoms with van der Waals surface area (Å²) in [4.78, 5) is 4.77. The van der Waals surface area contributed by atoms with E-state index in [1.807, 2.05) is 0 Å². The molecular weight excluding hydrogens is 609 g/mol. The summed E-state index contributed by atoms with van der Waals surface area (Å²) < 4.78 is 0. The van der Waals surface area contributed by atoms with Crippen LogP contribution in [0.15, 0.2) is 182 Å². The number of hydrogen-bond acceptors (Lipinski definition) is 2. The monoisotopic (exact) mass is 648 g/mol. The molecule has 49 heavy (non-hydrogen) atoms. The Morgan fingerprint density at radius 2 is 0.796 bits per heavy atom. The zero-order valence-corrected chi connectivity index (χ0v) is 29.3. The number of fused-ring (bicyclic) bond motifs is 3. The zero-order chi connectivity index (χ0) is 33.4. The van der Waals surface area contributed by atoms with Crippen LogP contribution in [0.4, 0.5) is 34.1 Å². The van der Waals surface area contributed by atoms with E-state index in [0.29, 0.717) is 0 Å². The van der Waals surface area contributed by atoms with Gasteiger partial charge in [0.25, 0.3) is 0 Å². The van der Waals surface area contributed by atoms with Crippen LogP contribution < -0.4 is 20.2 Å². The van der Waals surface area contributed by atoms with Crippen molar-refractivity contribution in [2.45, 2.75) is 25.9 Å². The van der Waals surface area contributed by atoms with Gasteiger partial charge in [0.2, 0.25) is 0 Å². The lowest BCUT2D eigenvalue weighted by molar-refractivity contribution is 0.922. The average molecular weight is 649 g/mol. The highest BCUT2D eigenvalue weighted by Gasteiger charge is 2.40. The number of hydrogen-bond donors (Lipinski definition) is 0. The lowest BCUT2D eigenvalue weighted by Crippen LogP contribution is -2.50. The molecule has 0 N–H and O–H groups in total. The van der Waals surface area contributed by atoms with E-state index < -0.39 is 8.07 Å². The summed E-state index contributed by atoms with van der Waals surface area (Å²) in [7, 11) is -1.93. The van der Waals surface area contributed by atoms with Gasteiger partial charge in [0.05, 0.1) is 0 Å². The Hall–Kier alpha value is -5.64. The Kier molecular flexibility index (Phi) is 7.99. The minimum Gasteiger partial charge on any atom is -0.311 e. The maximum atomic E-state index is 2.50. The van der Waals surface area contributed by atoms with E-state index >= 15 is 0 Å². The lowest BCUT2D eigenvalue weighted by atomic mass is 9.92. The van der Waals surface area contributed by atoms with Crippen LogP contribution in [0.3, 0.4) is 0 Å². The largest absolute Gasteiger partial charge is 0.311 e. The molecule has 1 atom stereocenters. The fraction of sp³-hybridized carbons (Fsp3) is 0.0870. The fourth-order valence-electron chi connectivity index (χ4n) is 7.63. The number of rotatable bonds is 8. The van der Waals surface area contributed by atoms with Crippen LogP contribution in [0.5, 0.6) is 0 Å². The predicted octanol–water partition coefficient (Wildman–Crippen LogP) is 11.6. The first kappa shape index (κ1) is 30.7. The van der Waals surface area contributed by atoms with Gasteiger partial charge in [-0.05, 0) is 99.4 Å². The van der Waals surface area contributed by atoms with Crippen molar-refractivity contribution in [1.29, 1.82) is 0 Å². The first-order valence-electron chi connectivity index (χ1n) is 17.2. The molecule has 0 aromatic heterocycles. The summed E-state index contributed by atoms with van der Waals surface area (Å²) in [6, 6.07) is 66.1. The Bertz CT molecular complexity index is 2150. The molecule has 1 unspecified atom stereocenters. The summed E-state index contributed by atoms with van der Waals surface area (Å²) >= 11 is 0. The van der Waals surface area contributed by atoms with Crippen LogP contribution in [-0.4, -0.2) is 8.07 Å². The summed E-state index contributed by atoms with van der Waals surface area (Å²) in [6.07, 6.45) is 0. The highest BCUT2D eigenvalue weighted by molar-refractivity contribution is 7.04. The smallest absolute Gasteiger partial charge is 0.116 e. The Morgan fingerprint density at radius 1 is 0.388 bits per heavy atom. The van der Waals surface area contributed by atoms with Crippen LogP contribution in [0.1, 0.15) is 24.0 Å². The Morgan fingerprint density at radius 3 is 1.33 bits per heavy atom. The van der Waals surface area contributed by atoms with Crippen LogP contribution in [-0.2, 0) is 0 Å². The number of nitrogens with zero attached hydrogens (tertiary/aromatic N) is 2. The van der Waals surface area contributed by atoms with Gasteiger partial charge in [0.1, 0.15) is 8.07 Å². The molecule has 0 saturated carbocycles. The normalized spacial score (nSPS) is 13.3. The third-order valence-corrected chi connectivity index (χ3v) is 13.7. The molecule has 2 nitrogen and oxygen atoms in total. The van der Waals surface area contributed by atoms with Crippen molar-refractivity contribution in [3.05, 3.63) is 193 Å². The molecule has 0 aliphatic carbocycles. The van der Waals surface area contributed by atoms with Crippen LogP contribution in [0, 0.1) is 0 Å². The molecule has 0 fully saturated rings. The highest BCUT2D eigenvalue weighted by atomic mass is 28.3. The first-order valence-corrected chi connectivity index (χ1v) is 20.2. The molecule has 7 aromatic carbocycles. The molecule has 0 radical (unpaired) electrons. The Labute approximate surface area is 291 Å². The van der Waals surface area contributed by atoms with Crippen LogP contribution in [0.25, 0.3) is 11.1 Å². The Balaban J connectivity index is 1.13. The van der Waals surface area contributed by atoms with Crippen molar-refractivity contribution < 1.29 is 0 Å². The molecule has 7 aromatic rings. The minimum absolute atomic E-state index is 0.247. The second kappa shape index (κ2) is 12.8. The summed E-state index contributed by atoms with van der Waals surface area (Å²) in [5, 5.41) is 3.04. The first-order chi connectivity index (χ1) is 24.0. The van der Waals surface area contributed by atoms with E-state index in [-0.39, 0.29) is 5.92 Å². The van der Waals surface area contributed by atoms with E-state index in [2.05, 4.69) is 212 Å². The fourth-order valence-corrected chi connectivity index (χ4v) is 11.0. The van der Waals surface area contributed by atoms with Gasteiger partial charge in [-0.1, -0.05) is 135 Å². The molecule has 1 aliphatic rings. The van der Waals surface area contributed by atoms with Gasteiger partial charge >= 0.3 is 0 Å². The van der Waals surface area contributed by atoms with Gasteiger partial charge in [-0.25, -0.2) is 0 Å². The minimum atomic E-state index is -1.93. The van der Waals surface area contributed by atoms with Gasteiger partial charge < -0.3 is 9.80 Å². The topological polar surface area (TPSA) is 6.48 Å². The van der Waals surface area contributed by atoms with Gasteiger partial charge in [-0.3, -0.25) is 0 Å². The third kappa shape index (κ3) is 5.56. The van der Waals surface area contributed by atoms with Crippen molar-refractivity contribution >= 4 is 52.6 Å². The predicted molar refractivity (Wildman–Crippen MR) is 212 cm³/mol. The van der Waals surface area contributed by atoms with E-state index in [1.165, 1.54) is 49.7 Å². The summed E-state index contributed by atoms with van der Waals surface area (Å²) in [6.45, 7) is 7.30. The third-order valence-electron chi connectivity index (χ3n) is 10.1. The SMILES string of the molecule is CC(c1ccc(N(c2ccccc2)c2ccccc2)cc1)c1ccc(N(c2ccccc2)c2cccc3c2[Si](C)(C)c2ccccc2-3)cc1. The molecule has 8 rings (SSSR count). The van der Waals surface area contributed by atoms with Crippen molar-refractivity contribution in [1.82, 2.24) is 0 Å². The summed E-state index contributed by atoms with van der Waals surface area (Å²) in [5.74, 6) is 0.247. The van der Waals surface area contributed by atoms with Crippen LogP contribution in [0.2, 0.25) is 13.1 Å².